The molecule has 0 saturated carbocycles. The maximum absolute atomic E-state index is 13.0. The molecular weight excluding hydrogens is 423 g/mol. The Morgan fingerprint density at radius 1 is 1.21 bits per heavy atom. The van der Waals surface area contributed by atoms with E-state index in [-0.39, 0.29) is 28.8 Å². The Balaban J connectivity index is 1.52. The van der Waals surface area contributed by atoms with Gasteiger partial charge in [-0.2, -0.15) is 0 Å². The van der Waals surface area contributed by atoms with Crippen LogP contribution in [0.25, 0.3) is 0 Å². The van der Waals surface area contributed by atoms with E-state index in [1.165, 1.54) is 24.5 Å². The van der Waals surface area contributed by atoms with Crippen molar-refractivity contribution in [1.82, 2.24) is 20.4 Å². The van der Waals surface area contributed by atoms with Crippen LogP contribution < -0.4 is 21.7 Å². The summed E-state index contributed by atoms with van der Waals surface area (Å²) < 4.78 is 13.0. The molecule has 0 aromatic heterocycles. The highest BCUT2D eigenvalue weighted by Crippen LogP contribution is 2.39. The van der Waals surface area contributed by atoms with Crippen LogP contribution >= 0.6 is 0 Å². The van der Waals surface area contributed by atoms with Gasteiger partial charge in [0.05, 0.1) is 5.70 Å². The van der Waals surface area contributed by atoms with Crippen molar-refractivity contribution in [1.29, 1.82) is 10.8 Å². The molecule has 2 saturated heterocycles. The van der Waals surface area contributed by atoms with E-state index >= 15 is 0 Å². The molecule has 7 N–H and O–H groups in total. The van der Waals surface area contributed by atoms with Gasteiger partial charge >= 0.3 is 6.03 Å². The molecule has 1 spiro atoms. The number of nitrogens with one attached hydrogen (secondary N) is 5. The third kappa shape index (κ3) is 6.55. The minimum Gasteiger partial charge on any atom is -0.395 e. The van der Waals surface area contributed by atoms with Crippen molar-refractivity contribution in [2.45, 2.75) is 19.3 Å². The maximum atomic E-state index is 13.0. The van der Waals surface area contributed by atoms with Gasteiger partial charge in [0.2, 0.25) is 0 Å². The molecule has 2 heterocycles. The monoisotopic (exact) mass is 456 g/mol. The molecule has 0 bridgehead atoms. The summed E-state index contributed by atoms with van der Waals surface area (Å²) in [5.41, 5.74) is 7.57. The Hall–Kier alpha value is -3.40. The fourth-order valence-electron chi connectivity index (χ4n) is 4.50. The maximum Gasteiger partial charge on any atom is 0.323 e. The van der Waals surface area contributed by atoms with Crippen molar-refractivity contribution in [2.75, 3.05) is 45.1 Å². The zero-order chi connectivity index (χ0) is 23.8. The van der Waals surface area contributed by atoms with Gasteiger partial charge < -0.3 is 26.7 Å². The van der Waals surface area contributed by atoms with Gasteiger partial charge in [0.25, 0.3) is 0 Å². The Kier molecular flexibility index (Phi) is 8.05. The number of halogens is 1. The summed E-state index contributed by atoms with van der Waals surface area (Å²) in [6, 6.07) is 5.41. The highest BCUT2D eigenvalue weighted by atomic mass is 19.1. The largest absolute Gasteiger partial charge is 0.395 e. The highest BCUT2D eigenvalue weighted by Gasteiger charge is 2.42. The average molecular weight is 457 g/mol. The number of nitrogens with zero attached hydrogens (tertiary/aromatic N) is 2. The average Bonchev–Trinajstić information content (AvgIpc) is 3.21. The van der Waals surface area contributed by atoms with Crippen LogP contribution in [0.15, 0.2) is 47.9 Å². The molecule has 3 rings (SSSR count). The van der Waals surface area contributed by atoms with Gasteiger partial charge in [0.15, 0.2) is 5.84 Å². The fraction of sp³-hybridized carbons (Fsp3) is 0.435. The molecule has 33 heavy (non-hydrogen) atoms. The van der Waals surface area contributed by atoms with Crippen LogP contribution in [0.4, 0.5) is 14.9 Å². The first-order chi connectivity index (χ1) is 15.8. The molecule has 10 heteroatoms. The van der Waals surface area contributed by atoms with Crippen LogP contribution in [0.1, 0.15) is 19.3 Å². The Labute approximate surface area is 193 Å². The number of benzene rings is 1. The third-order valence-electron chi connectivity index (χ3n) is 6.15. The number of piperidine rings is 1. The SMILES string of the molecule is CN/C=C(\C=N)CN1CCCC2(CCN(C(=O)NC(=N)/C(N)=C\Nc3ccc(F)cc3)C2)C1. The second-order valence-electron chi connectivity index (χ2n) is 8.69. The molecule has 2 aliphatic rings. The van der Waals surface area contributed by atoms with Gasteiger partial charge in [-0.1, -0.05) is 0 Å². The second-order valence-corrected chi connectivity index (χ2v) is 8.69. The molecule has 1 aromatic rings. The van der Waals surface area contributed by atoms with Gasteiger partial charge in [0.1, 0.15) is 5.82 Å². The quantitative estimate of drug-likeness (QED) is 0.277. The number of carbonyl (C=O) groups is 1. The molecule has 2 amide bonds. The molecule has 1 atom stereocenters. The van der Waals surface area contributed by atoms with Crippen molar-refractivity contribution in [3.05, 3.63) is 53.8 Å². The van der Waals surface area contributed by atoms with Crippen molar-refractivity contribution in [3.63, 3.8) is 0 Å². The van der Waals surface area contributed by atoms with Crippen LogP contribution in [0.2, 0.25) is 0 Å². The molecule has 0 aliphatic carbocycles. The number of nitrogens with two attached hydrogens (primary N) is 1. The first-order valence-corrected chi connectivity index (χ1v) is 11.1. The minimum absolute atomic E-state index is 0.0378. The number of urea groups is 1. The van der Waals surface area contributed by atoms with E-state index in [0.717, 1.165) is 37.9 Å². The number of hydrogen-bond acceptors (Lipinski definition) is 7. The number of likely N-dealkylation sites (tertiary alicyclic amines) is 2. The lowest BCUT2D eigenvalue weighted by Gasteiger charge is -2.40. The number of amides is 2. The van der Waals surface area contributed by atoms with Crippen LogP contribution in [0.3, 0.4) is 0 Å². The zero-order valence-corrected chi connectivity index (χ0v) is 19.0. The molecule has 0 radical (unpaired) electrons. The lowest BCUT2D eigenvalue weighted by molar-refractivity contribution is 0.104. The first-order valence-electron chi connectivity index (χ1n) is 11.1. The predicted octanol–water partition coefficient (Wildman–Crippen LogP) is 2.27. The molecule has 9 nitrogen and oxygen atoms in total. The molecule has 1 unspecified atom stereocenters. The third-order valence-corrected chi connectivity index (χ3v) is 6.15. The number of amidine groups is 1. The highest BCUT2D eigenvalue weighted by molar-refractivity contribution is 6.05. The van der Waals surface area contributed by atoms with E-state index in [1.807, 2.05) is 13.2 Å². The minimum atomic E-state index is -0.341. The fourth-order valence-corrected chi connectivity index (χ4v) is 4.50. The van der Waals surface area contributed by atoms with Gasteiger partial charge in [-0.15, -0.1) is 0 Å². The standard InChI is InChI=1S/C23H33FN8O/c1-28-12-17(11-25)14-31-9-2-7-23(15-31)8-10-32(16-23)22(33)30-21(27)20(26)13-29-19-5-3-18(24)4-6-19/h3-6,11-13,25,28-29H,2,7-10,14-16,26H2,1H3,(H2,27,30,33)/b17-12+,20-13+,25-11?. The summed E-state index contributed by atoms with van der Waals surface area (Å²) in [5.74, 6) is -0.528. The smallest absolute Gasteiger partial charge is 0.323 e. The number of anilines is 1. The van der Waals surface area contributed by atoms with Gasteiger partial charge in [-0.05, 0) is 55.6 Å². The van der Waals surface area contributed by atoms with Crippen LogP contribution in [-0.4, -0.2) is 67.7 Å². The van der Waals surface area contributed by atoms with Gasteiger partial charge in [0, 0.05) is 62.9 Å². The van der Waals surface area contributed by atoms with E-state index in [9.17, 15) is 9.18 Å². The van der Waals surface area contributed by atoms with Crippen LogP contribution in [0.5, 0.6) is 0 Å². The van der Waals surface area contributed by atoms with E-state index in [2.05, 4.69) is 20.9 Å². The molecule has 178 valence electrons. The molecule has 2 aliphatic heterocycles. The summed E-state index contributed by atoms with van der Waals surface area (Å²) in [6.07, 6.45) is 7.65. The lowest BCUT2D eigenvalue weighted by Crippen LogP contribution is -2.48. The normalized spacial score (nSPS) is 21.7. The van der Waals surface area contributed by atoms with E-state index in [4.69, 9.17) is 16.6 Å². The van der Waals surface area contributed by atoms with Gasteiger partial charge in [-0.25, -0.2) is 9.18 Å². The molecular formula is C23H33FN8O. The van der Waals surface area contributed by atoms with Crippen molar-refractivity contribution in [3.8, 4) is 0 Å². The Morgan fingerprint density at radius 3 is 2.67 bits per heavy atom. The van der Waals surface area contributed by atoms with E-state index in [1.54, 1.807) is 17.0 Å². The van der Waals surface area contributed by atoms with Crippen molar-refractivity contribution in [2.24, 2.45) is 11.1 Å². The Bertz CT molecular complexity index is 929. The topological polar surface area (TPSA) is 133 Å². The van der Waals surface area contributed by atoms with Crippen LogP contribution in [0, 0.1) is 22.1 Å². The van der Waals surface area contributed by atoms with Crippen LogP contribution in [-0.2, 0) is 0 Å². The molecule has 1 aromatic carbocycles. The summed E-state index contributed by atoms with van der Waals surface area (Å²) in [7, 11) is 1.83. The summed E-state index contributed by atoms with van der Waals surface area (Å²) in [4.78, 5) is 16.9. The number of rotatable bonds is 7. The first kappa shape index (κ1) is 24.2. The van der Waals surface area contributed by atoms with E-state index < -0.39 is 0 Å². The van der Waals surface area contributed by atoms with Gasteiger partial charge in [-0.3, -0.25) is 15.6 Å². The summed E-state index contributed by atoms with van der Waals surface area (Å²) >= 11 is 0. The van der Waals surface area contributed by atoms with E-state index in [0.29, 0.717) is 25.3 Å². The number of carbonyl (C=O) groups excluding carboxylic acids is 1. The van der Waals surface area contributed by atoms with Crippen molar-refractivity contribution >= 4 is 23.8 Å². The predicted molar refractivity (Wildman–Crippen MR) is 129 cm³/mol. The molecule has 2 fully saturated rings. The second kappa shape index (κ2) is 11.0. The van der Waals surface area contributed by atoms with Crippen molar-refractivity contribution < 1.29 is 9.18 Å². The summed E-state index contributed by atoms with van der Waals surface area (Å²) in [6.45, 7) is 3.85. The lowest BCUT2D eigenvalue weighted by atomic mass is 9.79. The summed E-state index contributed by atoms with van der Waals surface area (Å²) in [5, 5.41) is 24.1. The zero-order valence-electron chi connectivity index (χ0n) is 19.0. The number of hydrogen-bond donors (Lipinski definition) is 6. The Morgan fingerprint density at radius 2 is 1.97 bits per heavy atom.